The third kappa shape index (κ3) is 2.52. The quantitative estimate of drug-likeness (QED) is 0.860. The average molecular weight is 279 g/mol. The lowest BCUT2D eigenvalue weighted by molar-refractivity contribution is -0.128. The molecule has 1 amide bonds. The molecule has 1 saturated heterocycles. The number of nitrogens with zero attached hydrogens (tertiary/aromatic N) is 3. The van der Waals surface area contributed by atoms with Crippen molar-refractivity contribution in [2.45, 2.75) is 18.9 Å². The smallest absolute Gasteiger partial charge is 0.223 e. The molecule has 2 aromatic rings. The zero-order valence-corrected chi connectivity index (χ0v) is 10.4. The van der Waals surface area contributed by atoms with Crippen LogP contribution in [0.1, 0.15) is 23.7 Å². The number of amides is 1. The van der Waals surface area contributed by atoms with Crippen molar-refractivity contribution in [1.29, 1.82) is 0 Å². The molecule has 2 heterocycles. The van der Waals surface area contributed by atoms with E-state index in [0.29, 0.717) is 17.9 Å². The van der Waals surface area contributed by atoms with Gasteiger partial charge in [-0.25, -0.2) is 8.78 Å². The highest BCUT2D eigenvalue weighted by atomic mass is 19.1. The molecule has 20 heavy (non-hydrogen) atoms. The van der Waals surface area contributed by atoms with E-state index in [9.17, 15) is 13.6 Å². The predicted molar refractivity (Wildman–Crippen MR) is 63.4 cm³/mol. The highest BCUT2D eigenvalue weighted by Gasteiger charge is 2.33. The van der Waals surface area contributed by atoms with Crippen LogP contribution in [0.25, 0.3) is 0 Å². The van der Waals surface area contributed by atoms with Gasteiger partial charge in [0.1, 0.15) is 11.6 Å². The molecule has 0 saturated carbocycles. The van der Waals surface area contributed by atoms with Crippen molar-refractivity contribution in [2.75, 3.05) is 6.54 Å². The fourth-order valence-corrected chi connectivity index (χ4v) is 2.38. The van der Waals surface area contributed by atoms with Crippen molar-refractivity contribution < 1.29 is 18.1 Å². The van der Waals surface area contributed by atoms with Crippen LogP contribution in [0.15, 0.2) is 29.1 Å². The first kappa shape index (κ1) is 12.7. The van der Waals surface area contributed by atoms with Gasteiger partial charge in [0.05, 0.1) is 0 Å². The fourth-order valence-electron chi connectivity index (χ4n) is 2.38. The van der Waals surface area contributed by atoms with E-state index in [4.69, 9.17) is 0 Å². The lowest BCUT2D eigenvalue weighted by atomic mass is 10.1. The van der Waals surface area contributed by atoms with Crippen LogP contribution < -0.4 is 0 Å². The molecule has 1 aliphatic heterocycles. The van der Waals surface area contributed by atoms with Crippen LogP contribution in [-0.2, 0) is 11.3 Å². The number of benzene rings is 1. The van der Waals surface area contributed by atoms with Gasteiger partial charge in [0, 0.05) is 31.5 Å². The van der Waals surface area contributed by atoms with Crippen molar-refractivity contribution in [2.24, 2.45) is 0 Å². The molecule has 1 aromatic carbocycles. The maximum atomic E-state index is 13.1. The van der Waals surface area contributed by atoms with Gasteiger partial charge in [0.2, 0.25) is 12.3 Å². The van der Waals surface area contributed by atoms with Crippen LogP contribution in [0.5, 0.6) is 0 Å². The average Bonchev–Trinajstić information content (AvgIpc) is 2.98. The number of carbonyl (C=O) groups is 1. The summed E-state index contributed by atoms with van der Waals surface area (Å²) in [7, 11) is 0. The van der Waals surface area contributed by atoms with Crippen LogP contribution in [-0.4, -0.2) is 27.5 Å². The second-order valence-corrected chi connectivity index (χ2v) is 4.74. The summed E-state index contributed by atoms with van der Waals surface area (Å²) >= 11 is 0. The molecule has 0 aliphatic carbocycles. The van der Waals surface area contributed by atoms with Gasteiger partial charge in [-0.2, -0.15) is 4.98 Å². The highest BCUT2D eigenvalue weighted by molar-refractivity contribution is 5.79. The lowest BCUT2D eigenvalue weighted by Gasteiger charge is -2.16. The predicted octanol–water partition coefficient (Wildman–Crippen LogP) is 1.86. The lowest BCUT2D eigenvalue weighted by Crippen LogP contribution is -2.24. The van der Waals surface area contributed by atoms with Gasteiger partial charge in [0.25, 0.3) is 0 Å². The topological polar surface area (TPSA) is 59.2 Å². The molecule has 0 N–H and O–H groups in total. The van der Waals surface area contributed by atoms with Gasteiger partial charge in [-0.15, -0.1) is 0 Å². The van der Waals surface area contributed by atoms with Gasteiger partial charge < -0.3 is 9.42 Å². The van der Waals surface area contributed by atoms with E-state index >= 15 is 0 Å². The van der Waals surface area contributed by atoms with E-state index in [2.05, 4.69) is 14.7 Å². The number of hydrogen-bond acceptors (Lipinski definition) is 4. The van der Waals surface area contributed by atoms with Crippen LogP contribution in [0.2, 0.25) is 0 Å². The van der Waals surface area contributed by atoms with Crippen LogP contribution >= 0.6 is 0 Å². The molecule has 5 nitrogen and oxygen atoms in total. The third-order valence-corrected chi connectivity index (χ3v) is 3.25. The summed E-state index contributed by atoms with van der Waals surface area (Å²) in [5.74, 6) is -1.06. The van der Waals surface area contributed by atoms with Crippen molar-refractivity contribution in [3.05, 3.63) is 47.6 Å². The Morgan fingerprint density at radius 3 is 2.70 bits per heavy atom. The maximum Gasteiger partial charge on any atom is 0.223 e. The first-order chi connectivity index (χ1) is 9.61. The van der Waals surface area contributed by atoms with E-state index in [0.717, 1.165) is 6.07 Å². The first-order valence-corrected chi connectivity index (χ1v) is 6.11. The van der Waals surface area contributed by atoms with Gasteiger partial charge >= 0.3 is 0 Å². The number of halogens is 2. The zero-order chi connectivity index (χ0) is 14.1. The van der Waals surface area contributed by atoms with Crippen molar-refractivity contribution >= 4 is 5.91 Å². The SMILES string of the molecule is O=C1CC(c2ncon2)CN1Cc1cc(F)cc(F)c1. The minimum Gasteiger partial charge on any atom is -0.343 e. The molecule has 1 unspecified atom stereocenters. The summed E-state index contributed by atoms with van der Waals surface area (Å²) < 4.78 is 30.9. The molecule has 0 spiro atoms. The largest absolute Gasteiger partial charge is 0.343 e. The fraction of sp³-hybridized carbons (Fsp3) is 0.308. The van der Waals surface area contributed by atoms with E-state index in [1.807, 2.05) is 0 Å². The highest BCUT2D eigenvalue weighted by Crippen LogP contribution is 2.27. The Morgan fingerprint density at radius 2 is 2.05 bits per heavy atom. The molecule has 0 bridgehead atoms. The maximum absolute atomic E-state index is 13.1. The molecule has 0 radical (unpaired) electrons. The zero-order valence-electron chi connectivity index (χ0n) is 10.4. The molecule has 104 valence electrons. The second-order valence-electron chi connectivity index (χ2n) is 4.74. The minimum atomic E-state index is -0.652. The van der Waals surface area contributed by atoms with Crippen LogP contribution in [0.4, 0.5) is 8.78 Å². The van der Waals surface area contributed by atoms with Crippen molar-refractivity contribution in [3.63, 3.8) is 0 Å². The third-order valence-electron chi connectivity index (χ3n) is 3.25. The normalized spacial score (nSPS) is 18.8. The molecule has 1 aliphatic rings. The summed E-state index contributed by atoms with van der Waals surface area (Å²) in [5.41, 5.74) is 0.421. The summed E-state index contributed by atoms with van der Waals surface area (Å²) in [6.45, 7) is 0.582. The van der Waals surface area contributed by atoms with Crippen molar-refractivity contribution in [1.82, 2.24) is 15.0 Å². The summed E-state index contributed by atoms with van der Waals surface area (Å²) in [4.78, 5) is 17.4. The Bertz CT molecular complexity index is 610. The van der Waals surface area contributed by atoms with Crippen molar-refractivity contribution in [3.8, 4) is 0 Å². The molecular weight excluding hydrogens is 268 g/mol. The Balaban J connectivity index is 1.73. The molecular formula is C13H11F2N3O2. The molecule has 3 rings (SSSR count). The number of carbonyl (C=O) groups excluding carboxylic acids is 1. The number of rotatable bonds is 3. The second kappa shape index (κ2) is 4.99. The van der Waals surface area contributed by atoms with E-state index in [-0.39, 0.29) is 24.8 Å². The Hall–Kier alpha value is -2.31. The molecule has 1 atom stereocenters. The van der Waals surface area contributed by atoms with Gasteiger partial charge in [0.15, 0.2) is 5.82 Å². The van der Waals surface area contributed by atoms with Gasteiger partial charge in [-0.3, -0.25) is 4.79 Å². The molecule has 1 aromatic heterocycles. The Kier molecular flexibility index (Phi) is 3.17. The Morgan fingerprint density at radius 1 is 1.30 bits per heavy atom. The number of likely N-dealkylation sites (tertiary alicyclic amines) is 1. The van der Waals surface area contributed by atoms with Gasteiger partial charge in [-0.1, -0.05) is 5.16 Å². The van der Waals surface area contributed by atoms with Crippen LogP contribution in [0, 0.1) is 11.6 Å². The summed E-state index contributed by atoms with van der Waals surface area (Å²) in [5, 5.41) is 3.72. The minimum absolute atomic E-state index is 0.0931. The van der Waals surface area contributed by atoms with E-state index < -0.39 is 11.6 Å². The standard InChI is InChI=1S/C13H11F2N3O2/c14-10-1-8(2-11(15)4-10)5-18-6-9(3-12(18)19)13-16-7-20-17-13/h1-2,4,7,9H,3,5-6H2. The summed E-state index contributed by atoms with van der Waals surface area (Å²) in [6, 6.07) is 3.24. The van der Waals surface area contributed by atoms with Gasteiger partial charge in [-0.05, 0) is 17.7 Å². The number of aromatic nitrogens is 2. The van der Waals surface area contributed by atoms with E-state index in [1.165, 1.54) is 23.4 Å². The molecule has 1 fully saturated rings. The molecule has 7 heteroatoms. The van der Waals surface area contributed by atoms with Crippen LogP contribution in [0.3, 0.4) is 0 Å². The van der Waals surface area contributed by atoms with E-state index in [1.54, 1.807) is 0 Å². The monoisotopic (exact) mass is 279 g/mol. The Labute approximate surface area is 113 Å². The summed E-state index contributed by atoms with van der Waals surface area (Å²) in [6.07, 6.45) is 1.49. The number of hydrogen-bond donors (Lipinski definition) is 0. The first-order valence-electron chi connectivity index (χ1n) is 6.11.